The van der Waals surface area contributed by atoms with Crippen LogP contribution < -0.4 is 15.8 Å². The van der Waals surface area contributed by atoms with Crippen molar-refractivity contribution in [2.75, 3.05) is 17.6 Å². The number of nitrogens with zero attached hydrogens (tertiary/aromatic N) is 3. The summed E-state index contributed by atoms with van der Waals surface area (Å²) in [6, 6.07) is 16.4. The standard InChI is InChI=1S/C21H16ClFN4O.C8H11NO3/c22-18-10-16(5-7-20(18)28-11-13-2-1-3-14(23)8-13)27-21-17-9-15(24)4-6-19(17)25-12-26-21;1-2-7(10)9-5-3-4-6(9)8(11)12/h1-10,12H,11,24H2,(H,25,26,27);2,6H,1,3-5H2,(H,11,12). The van der Waals surface area contributed by atoms with Crippen molar-refractivity contribution in [2.24, 2.45) is 0 Å². The van der Waals surface area contributed by atoms with Gasteiger partial charge in [-0.3, -0.25) is 4.79 Å². The van der Waals surface area contributed by atoms with Crippen LogP contribution in [-0.2, 0) is 16.2 Å². The number of aliphatic carboxylic acids is 1. The minimum atomic E-state index is -0.928. The molecule has 206 valence electrons. The van der Waals surface area contributed by atoms with Gasteiger partial charge >= 0.3 is 5.97 Å². The fourth-order valence-corrected chi connectivity index (χ4v) is 4.43. The van der Waals surface area contributed by atoms with Crippen LogP contribution >= 0.6 is 11.6 Å². The van der Waals surface area contributed by atoms with E-state index < -0.39 is 12.0 Å². The minimum absolute atomic E-state index is 0.222. The number of hydrogen-bond acceptors (Lipinski definition) is 7. The van der Waals surface area contributed by atoms with E-state index in [1.165, 1.54) is 23.4 Å². The first-order valence-corrected chi connectivity index (χ1v) is 12.7. The van der Waals surface area contributed by atoms with Crippen molar-refractivity contribution in [1.82, 2.24) is 14.9 Å². The van der Waals surface area contributed by atoms with Gasteiger partial charge in [0, 0.05) is 23.3 Å². The maximum Gasteiger partial charge on any atom is 0.326 e. The molecule has 3 aromatic carbocycles. The fraction of sp³-hybridized carbons (Fsp3) is 0.172. The number of ether oxygens (including phenoxy) is 1. The SMILES string of the molecule is C=CC(=O)N1CCCC1C(=O)O.Nc1ccc2ncnc(Nc3ccc(OCc4cccc(F)c4)c(Cl)c3)c2c1. The molecular weight excluding hydrogens is 537 g/mol. The Hall–Kier alpha value is -4.70. The molecule has 1 fully saturated rings. The summed E-state index contributed by atoms with van der Waals surface area (Å²) in [5, 5.41) is 13.2. The maximum absolute atomic E-state index is 13.3. The molecule has 1 aliphatic heterocycles. The summed E-state index contributed by atoms with van der Waals surface area (Å²) >= 11 is 6.34. The number of amides is 1. The minimum Gasteiger partial charge on any atom is -0.487 e. The van der Waals surface area contributed by atoms with Gasteiger partial charge in [0.1, 0.15) is 36.4 Å². The van der Waals surface area contributed by atoms with Crippen LogP contribution in [-0.4, -0.2) is 44.4 Å². The summed E-state index contributed by atoms with van der Waals surface area (Å²) in [6.45, 7) is 4.07. The molecule has 11 heteroatoms. The van der Waals surface area contributed by atoms with Crippen LogP contribution in [0.3, 0.4) is 0 Å². The number of benzene rings is 3. The number of carboxylic acid groups (broad SMARTS) is 1. The third-order valence-electron chi connectivity index (χ3n) is 6.13. The first-order valence-electron chi connectivity index (χ1n) is 12.3. The van der Waals surface area contributed by atoms with Gasteiger partial charge in [-0.15, -0.1) is 0 Å². The van der Waals surface area contributed by atoms with Gasteiger partial charge in [0.05, 0.1) is 10.5 Å². The summed E-state index contributed by atoms with van der Waals surface area (Å²) in [5.74, 6) is -0.387. The molecule has 1 aromatic heterocycles. The molecule has 0 radical (unpaired) electrons. The average molecular weight is 564 g/mol. The molecule has 1 saturated heterocycles. The van der Waals surface area contributed by atoms with Gasteiger partial charge in [0.2, 0.25) is 5.91 Å². The van der Waals surface area contributed by atoms with Gasteiger partial charge in [-0.25, -0.2) is 19.2 Å². The molecule has 4 aromatic rings. The normalized spacial score (nSPS) is 14.2. The summed E-state index contributed by atoms with van der Waals surface area (Å²) < 4.78 is 19.0. The lowest BCUT2D eigenvalue weighted by molar-refractivity contribution is -0.146. The van der Waals surface area contributed by atoms with E-state index in [0.29, 0.717) is 35.2 Å². The topological polar surface area (TPSA) is 131 Å². The molecular formula is C29H27ClFN5O4. The maximum atomic E-state index is 13.3. The van der Waals surface area contributed by atoms with Crippen LogP contribution in [0.25, 0.3) is 10.9 Å². The van der Waals surface area contributed by atoms with E-state index in [-0.39, 0.29) is 18.3 Å². The van der Waals surface area contributed by atoms with Gasteiger partial charge in [0.15, 0.2) is 0 Å². The van der Waals surface area contributed by atoms with Crippen molar-refractivity contribution in [2.45, 2.75) is 25.5 Å². The van der Waals surface area contributed by atoms with Crippen LogP contribution in [0.1, 0.15) is 18.4 Å². The zero-order valence-electron chi connectivity index (χ0n) is 21.4. The Balaban J connectivity index is 0.000000259. The largest absolute Gasteiger partial charge is 0.487 e. The number of likely N-dealkylation sites (tertiary alicyclic amines) is 1. The summed E-state index contributed by atoms with van der Waals surface area (Å²) in [6.07, 6.45) is 3.95. The number of hydrogen-bond donors (Lipinski definition) is 3. The van der Waals surface area contributed by atoms with Crippen molar-refractivity contribution in [3.63, 3.8) is 0 Å². The Morgan fingerprint density at radius 2 is 2.02 bits per heavy atom. The first kappa shape index (κ1) is 28.3. The summed E-state index contributed by atoms with van der Waals surface area (Å²) in [7, 11) is 0. The number of fused-ring (bicyclic) bond motifs is 1. The smallest absolute Gasteiger partial charge is 0.326 e. The Bertz CT molecular complexity index is 1550. The van der Waals surface area contributed by atoms with E-state index in [2.05, 4.69) is 21.9 Å². The number of anilines is 3. The van der Waals surface area contributed by atoms with Crippen molar-refractivity contribution in [3.05, 3.63) is 96.0 Å². The van der Waals surface area contributed by atoms with Gasteiger partial charge in [0.25, 0.3) is 0 Å². The predicted octanol–water partition coefficient (Wildman–Crippen LogP) is 5.58. The number of aromatic nitrogens is 2. The number of nitrogen functional groups attached to an aromatic ring is 1. The highest BCUT2D eigenvalue weighted by molar-refractivity contribution is 6.32. The van der Waals surface area contributed by atoms with Gasteiger partial charge in [-0.1, -0.05) is 30.3 Å². The van der Waals surface area contributed by atoms with Crippen LogP contribution in [0, 0.1) is 5.82 Å². The lowest BCUT2D eigenvalue weighted by atomic mass is 10.2. The van der Waals surface area contributed by atoms with Crippen LogP contribution in [0.4, 0.5) is 21.6 Å². The van der Waals surface area contributed by atoms with E-state index in [4.69, 9.17) is 27.2 Å². The molecule has 1 atom stereocenters. The molecule has 4 N–H and O–H groups in total. The van der Waals surface area contributed by atoms with Gasteiger partial charge in [-0.2, -0.15) is 0 Å². The third kappa shape index (κ3) is 7.03. The van der Waals surface area contributed by atoms with Crippen molar-refractivity contribution in [3.8, 4) is 5.75 Å². The number of carboxylic acids is 1. The highest BCUT2D eigenvalue weighted by Gasteiger charge is 2.32. The van der Waals surface area contributed by atoms with E-state index in [9.17, 15) is 14.0 Å². The second-order valence-electron chi connectivity index (χ2n) is 8.92. The highest BCUT2D eigenvalue weighted by atomic mass is 35.5. The van der Waals surface area contributed by atoms with E-state index in [0.717, 1.165) is 34.7 Å². The zero-order valence-corrected chi connectivity index (χ0v) is 22.1. The van der Waals surface area contributed by atoms with Crippen molar-refractivity contribution in [1.29, 1.82) is 0 Å². The number of halogens is 2. The zero-order chi connectivity index (χ0) is 28.6. The number of carbonyl (C=O) groups excluding carboxylic acids is 1. The lowest BCUT2D eigenvalue weighted by Gasteiger charge is -2.18. The molecule has 40 heavy (non-hydrogen) atoms. The molecule has 9 nitrogen and oxygen atoms in total. The number of nitrogens with one attached hydrogen (secondary N) is 1. The Morgan fingerprint density at radius 3 is 2.75 bits per heavy atom. The quantitative estimate of drug-likeness (QED) is 0.196. The average Bonchev–Trinajstić information content (AvgIpc) is 3.44. The van der Waals surface area contributed by atoms with Gasteiger partial charge in [-0.05, 0) is 73.0 Å². The summed E-state index contributed by atoms with van der Waals surface area (Å²) in [4.78, 5) is 31.5. The molecule has 1 unspecified atom stereocenters. The molecule has 0 bridgehead atoms. The van der Waals surface area contributed by atoms with E-state index >= 15 is 0 Å². The van der Waals surface area contributed by atoms with Crippen molar-refractivity contribution < 1.29 is 23.8 Å². The van der Waals surface area contributed by atoms with Gasteiger partial charge < -0.3 is 25.8 Å². The number of carbonyl (C=O) groups is 2. The monoisotopic (exact) mass is 563 g/mol. The molecule has 0 aliphatic carbocycles. The second-order valence-corrected chi connectivity index (χ2v) is 9.33. The highest BCUT2D eigenvalue weighted by Crippen LogP contribution is 2.31. The molecule has 2 heterocycles. The molecule has 1 aliphatic rings. The summed E-state index contributed by atoms with van der Waals surface area (Å²) in [5.41, 5.74) is 8.76. The number of nitrogens with two attached hydrogens (primary N) is 1. The lowest BCUT2D eigenvalue weighted by Crippen LogP contribution is -2.39. The second kappa shape index (κ2) is 12.9. The van der Waals surface area contributed by atoms with Crippen LogP contribution in [0.15, 0.2) is 79.6 Å². The van der Waals surface area contributed by atoms with E-state index in [1.807, 2.05) is 18.2 Å². The molecule has 0 spiro atoms. The number of rotatable bonds is 7. The van der Waals surface area contributed by atoms with Crippen LogP contribution in [0.5, 0.6) is 5.75 Å². The Morgan fingerprint density at radius 1 is 1.20 bits per heavy atom. The van der Waals surface area contributed by atoms with Crippen LogP contribution in [0.2, 0.25) is 5.02 Å². The van der Waals surface area contributed by atoms with E-state index in [1.54, 1.807) is 30.3 Å². The predicted molar refractivity (Wildman–Crippen MR) is 152 cm³/mol. The Labute approximate surface area is 235 Å². The van der Waals surface area contributed by atoms with Crippen molar-refractivity contribution >= 4 is 51.6 Å². The fourth-order valence-electron chi connectivity index (χ4n) is 4.20. The Kier molecular flexibility index (Phi) is 9.13. The first-order chi connectivity index (χ1) is 19.2. The third-order valence-corrected chi connectivity index (χ3v) is 6.43. The molecule has 1 amide bonds. The molecule has 5 rings (SSSR count). The molecule has 0 saturated carbocycles.